The van der Waals surface area contributed by atoms with Crippen molar-refractivity contribution in [1.82, 2.24) is 5.32 Å². The van der Waals surface area contributed by atoms with E-state index in [0.717, 1.165) is 19.4 Å². The van der Waals surface area contributed by atoms with Crippen molar-refractivity contribution < 1.29 is 9.53 Å². The highest BCUT2D eigenvalue weighted by molar-refractivity contribution is 6.34. The fourth-order valence-electron chi connectivity index (χ4n) is 2.15. The van der Waals surface area contributed by atoms with E-state index in [1.807, 2.05) is 6.92 Å². The molecule has 1 unspecified atom stereocenters. The summed E-state index contributed by atoms with van der Waals surface area (Å²) in [7, 11) is 0. The lowest BCUT2D eigenvalue weighted by molar-refractivity contribution is 0.0273. The van der Waals surface area contributed by atoms with Crippen LogP contribution in [0.5, 0.6) is 0 Å². The second-order valence-electron chi connectivity index (χ2n) is 4.87. The highest BCUT2D eigenvalue weighted by atomic mass is 35.5. The molecule has 1 aliphatic heterocycles. The maximum absolute atomic E-state index is 12.2. The number of nitrogens with two attached hydrogens (primary N) is 1. The topological polar surface area (TPSA) is 64.4 Å². The lowest BCUT2D eigenvalue weighted by Gasteiger charge is -2.34. The van der Waals surface area contributed by atoms with Gasteiger partial charge in [-0.05, 0) is 31.9 Å². The van der Waals surface area contributed by atoms with Crippen LogP contribution in [-0.2, 0) is 4.74 Å². The first-order valence-electron chi connectivity index (χ1n) is 5.96. The molecule has 5 heteroatoms. The molecule has 1 fully saturated rings. The molecule has 18 heavy (non-hydrogen) atoms. The van der Waals surface area contributed by atoms with Gasteiger partial charge in [-0.1, -0.05) is 17.7 Å². The number of anilines is 1. The molecule has 1 saturated heterocycles. The zero-order valence-electron chi connectivity index (χ0n) is 10.3. The second-order valence-corrected chi connectivity index (χ2v) is 5.28. The predicted molar refractivity (Wildman–Crippen MR) is 71.8 cm³/mol. The molecular formula is C13H17ClN2O2. The molecule has 0 aliphatic carbocycles. The minimum Gasteiger partial charge on any atom is -0.398 e. The molecule has 1 heterocycles. The van der Waals surface area contributed by atoms with Gasteiger partial charge >= 0.3 is 0 Å². The van der Waals surface area contributed by atoms with Crippen molar-refractivity contribution in [3.63, 3.8) is 0 Å². The van der Waals surface area contributed by atoms with Crippen LogP contribution in [0.4, 0.5) is 5.69 Å². The maximum atomic E-state index is 12.2. The van der Waals surface area contributed by atoms with Gasteiger partial charge in [0.25, 0.3) is 5.91 Å². The number of carbonyl (C=O) groups is 1. The molecule has 1 aliphatic rings. The van der Waals surface area contributed by atoms with Gasteiger partial charge in [-0.3, -0.25) is 4.79 Å². The van der Waals surface area contributed by atoms with Crippen LogP contribution >= 0.6 is 11.6 Å². The van der Waals surface area contributed by atoms with Crippen LogP contribution in [0.2, 0.25) is 5.02 Å². The van der Waals surface area contributed by atoms with Crippen molar-refractivity contribution >= 4 is 23.2 Å². The SMILES string of the molecule is CC1(NC(=O)c2c(N)cccc2Cl)CCCOC1. The number of carbonyl (C=O) groups excluding carboxylic acids is 1. The number of rotatable bonds is 2. The van der Waals surface area contributed by atoms with Crippen molar-refractivity contribution in [2.24, 2.45) is 0 Å². The highest BCUT2D eigenvalue weighted by Crippen LogP contribution is 2.24. The summed E-state index contributed by atoms with van der Waals surface area (Å²) in [5, 5.41) is 3.33. The van der Waals surface area contributed by atoms with Gasteiger partial charge in [-0.15, -0.1) is 0 Å². The quantitative estimate of drug-likeness (QED) is 0.809. The van der Waals surface area contributed by atoms with Crippen molar-refractivity contribution in [2.75, 3.05) is 18.9 Å². The molecule has 4 nitrogen and oxygen atoms in total. The molecule has 0 aromatic heterocycles. The van der Waals surface area contributed by atoms with E-state index in [9.17, 15) is 4.79 Å². The Morgan fingerprint density at radius 1 is 1.56 bits per heavy atom. The van der Waals surface area contributed by atoms with Gasteiger partial charge < -0.3 is 15.8 Å². The Morgan fingerprint density at radius 2 is 2.33 bits per heavy atom. The van der Waals surface area contributed by atoms with Crippen LogP contribution in [0.25, 0.3) is 0 Å². The predicted octanol–water partition coefficient (Wildman–Crippen LogP) is 2.22. The molecular weight excluding hydrogens is 252 g/mol. The average molecular weight is 269 g/mol. The zero-order valence-corrected chi connectivity index (χ0v) is 11.1. The molecule has 0 spiro atoms. The number of hydrogen-bond acceptors (Lipinski definition) is 3. The largest absolute Gasteiger partial charge is 0.398 e. The molecule has 1 atom stereocenters. The van der Waals surface area contributed by atoms with E-state index in [2.05, 4.69) is 5.32 Å². The summed E-state index contributed by atoms with van der Waals surface area (Å²) in [6, 6.07) is 5.05. The third-order valence-corrected chi connectivity index (χ3v) is 3.44. The van der Waals surface area contributed by atoms with E-state index in [0.29, 0.717) is 22.9 Å². The summed E-state index contributed by atoms with van der Waals surface area (Å²) >= 11 is 6.02. The van der Waals surface area contributed by atoms with Gasteiger partial charge in [0.15, 0.2) is 0 Å². The van der Waals surface area contributed by atoms with Crippen molar-refractivity contribution in [3.8, 4) is 0 Å². The first kappa shape index (κ1) is 13.2. The highest BCUT2D eigenvalue weighted by Gasteiger charge is 2.30. The van der Waals surface area contributed by atoms with Crippen LogP contribution in [-0.4, -0.2) is 24.7 Å². The van der Waals surface area contributed by atoms with E-state index in [-0.39, 0.29) is 11.4 Å². The average Bonchev–Trinajstić information content (AvgIpc) is 2.28. The molecule has 0 radical (unpaired) electrons. The number of nitrogen functional groups attached to an aromatic ring is 1. The third kappa shape index (κ3) is 2.76. The summed E-state index contributed by atoms with van der Waals surface area (Å²) in [6.07, 6.45) is 1.83. The van der Waals surface area contributed by atoms with Crippen LogP contribution in [0.15, 0.2) is 18.2 Å². The van der Waals surface area contributed by atoms with E-state index in [1.54, 1.807) is 18.2 Å². The first-order valence-corrected chi connectivity index (χ1v) is 6.34. The Hall–Kier alpha value is -1.26. The molecule has 1 aromatic rings. The van der Waals surface area contributed by atoms with Crippen LogP contribution in [0, 0.1) is 0 Å². The van der Waals surface area contributed by atoms with Gasteiger partial charge in [0.1, 0.15) is 0 Å². The van der Waals surface area contributed by atoms with Gasteiger partial charge in [-0.25, -0.2) is 0 Å². The van der Waals surface area contributed by atoms with Crippen molar-refractivity contribution in [2.45, 2.75) is 25.3 Å². The Kier molecular flexibility index (Phi) is 3.78. The molecule has 0 saturated carbocycles. The molecule has 3 N–H and O–H groups in total. The number of benzene rings is 1. The van der Waals surface area contributed by atoms with Gasteiger partial charge in [0, 0.05) is 12.3 Å². The Balaban J connectivity index is 2.17. The monoisotopic (exact) mass is 268 g/mol. The number of halogens is 1. The Bertz CT molecular complexity index is 436. The Morgan fingerprint density at radius 3 is 2.94 bits per heavy atom. The molecule has 2 rings (SSSR count). The third-order valence-electron chi connectivity index (χ3n) is 3.13. The summed E-state index contributed by atoms with van der Waals surface area (Å²) in [5.41, 5.74) is 6.18. The van der Waals surface area contributed by atoms with E-state index in [4.69, 9.17) is 22.1 Å². The van der Waals surface area contributed by atoms with E-state index < -0.39 is 0 Å². The van der Waals surface area contributed by atoms with Gasteiger partial charge in [0.2, 0.25) is 0 Å². The Labute approximate surface area is 111 Å². The second kappa shape index (κ2) is 5.16. The number of ether oxygens (including phenoxy) is 1. The summed E-state index contributed by atoms with van der Waals surface area (Å²) < 4.78 is 5.40. The molecule has 1 amide bonds. The lowest BCUT2D eigenvalue weighted by atomic mass is 9.94. The summed E-state index contributed by atoms with van der Waals surface area (Å²) in [6.45, 7) is 3.24. The standard InChI is InChI=1S/C13H17ClN2O2/c1-13(6-3-7-18-8-13)16-12(17)11-9(14)4-2-5-10(11)15/h2,4-5H,3,6-8,15H2,1H3,(H,16,17). The minimum atomic E-state index is -0.346. The zero-order chi connectivity index (χ0) is 13.2. The fraction of sp³-hybridized carbons (Fsp3) is 0.462. The normalized spacial score (nSPS) is 23.7. The fourth-order valence-corrected chi connectivity index (χ4v) is 2.42. The first-order chi connectivity index (χ1) is 8.52. The van der Waals surface area contributed by atoms with Crippen LogP contribution in [0.1, 0.15) is 30.1 Å². The molecule has 0 bridgehead atoms. The van der Waals surface area contributed by atoms with Crippen LogP contribution in [0.3, 0.4) is 0 Å². The lowest BCUT2D eigenvalue weighted by Crippen LogP contribution is -2.51. The summed E-state index contributed by atoms with van der Waals surface area (Å²) in [5.74, 6) is -0.244. The summed E-state index contributed by atoms with van der Waals surface area (Å²) in [4.78, 5) is 12.2. The minimum absolute atomic E-state index is 0.244. The maximum Gasteiger partial charge on any atom is 0.255 e. The molecule has 98 valence electrons. The van der Waals surface area contributed by atoms with Gasteiger partial charge in [-0.2, -0.15) is 0 Å². The van der Waals surface area contributed by atoms with E-state index >= 15 is 0 Å². The number of amides is 1. The van der Waals surface area contributed by atoms with Crippen LogP contribution < -0.4 is 11.1 Å². The molecule has 1 aromatic carbocycles. The van der Waals surface area contributed by atoms with Crippen molar-refractivity contribution in [1.29, 1.82) is 0 Å². The number of nitrogens with one attached hydrogen (secondary N) is 1. The van der Waals surface area contributed by atoms with E-state index in [1.165, 1.54) is 0 Å². The van der Waals surface area contributed by atoms with Crippen molar-refractivity contribution in [3.05, 3.63) is 28.8 Å². The van der Waals surface area contributed by atoms with Gasteiger partial charge in [0.05, 0.1) is 22.7 Å². The number of hydrogen-bond donors (Lipinski definition) is 2. The smallest absolute Gasteiger partial charge is 0.255 e.